The second kappa shape index (κ2) is 5.45. The van der Waals surface area contributed by atoms with E-state index in [-0.39, 0.29) is 0 Å². The Balaban J connectivity index is 2.01. The minimum absolute atomic E-state index is 0.617. The van der Waals surface area contributed by atoms with Crippen LogP contribution >= 0.6 is 15.9 Å². The molecule has 1 aliphatic rings. The number of rotatable bonds is 2. The van der Waals surface area contributed by atoms with Gasteiger partial charge in [0.1, 0.15) is 12.1 Å². The summed E-state index contributed by atoms with van der Waals surface area (Å²) >= 11 is 3.54. The van der Waals surface area contributed by atoms with E-state index in [9.17, 15) is 0 Å². The highest BCUT2D eigenvalue weighted by Gasteiger charge is 2.20. The SMILES string of the molecule is CN(c1ncnc2ccc(Br)cc12)C1CCCCC1. The van der Waals surface area contributed by atoms with Gasteiger partial charge in [-0.3, -0.25) is 0 Å². The van der Waals surface area contributed by atoms with Crippen LogP contribution in [0.4, 0.5) is 5.82 Å². The average Bonchev–Trinajstić information content (AvgIpc) is 2.47. The molecular formula is C15H18BrN3. The molecule has 100 valence electrons. The van der Waals surface area contributed by atoms with Crippen molar-refractivity contribution in [3.8, 4) is 0 Å². The Morgan fingerprint density at radius 1 is 1.16 bits per heavy atom. The number of halogens is 1. The fourth-order valence-corrected chi connectivity index (χ4v) is 3.30. The number of hydrogen-bond donors (Lipinski definition) is 0. The first-order valence-corrected chi connectivity index (χ1v) is 7.68. The minimum atomic E-state index is 0.617. The lowest BCUT2D eigenvalue weighted by Gasteiger charge is -2.32. The lowest BCUT2D eigenvalue weighted by molar-refractivity contribution is 0.426. The van der Waals surface area contributed by atoms with Crippen LogP contribution in [0, 0.1) is 0 Å². The van der Waals surface area contributed by atoms with Gasteiger partial charge in [-0.2, -0.15) is 0 Å². The molecular weight excluding hydrogens is 302 g/mol. The summed E-state index contributed by atoms with van der Waals surface area (Å²) in [7, 11) is 2.17. The van der Waals surface area contributed by atoms with Gasteiger partial charge in [-0.15, -0.1) is 0 Å². The number of benzene rings is 1. The zero-order valence-corrected chi connectivity index (χ0v) is 12.7. The van der Waals surface area contributed by atoms with E-state index >= 15 is 0 Å². The molecule has 4 heteroatoms. The Labute approximate surface area is 122 Å². The molecule has 0 N–H and O–H groups in total. The van der Waals surface area contributed by atoms with E-state index in [1.54, 1.807) is 6.33 Å². The molecule has 0 spiro atoms. The molecule has 1 saturated carbocycles. The predicted molar refractivity (Wildman–Crippen MR) is 82.5 cm³/mol. The molecule has 1 aromatic carbocycles. The smallest absolute Gasteiger partial charge is 0.139 e. The van der Waals surface area contributed by atoms with Crippen molar-refractivity contribution in [2.24, 2.45) is 0 Å². The molecule has 2 aromatic rings. The molecule has 0 atom stereocenters. The first kappa shape index (κ1) is 12.9. The van der Waals surface area contributed by atoms with Crippen molar-refractivity contribution in [3.05, 3.63) is 29.0 Å². The van der Waals surface area contributed by atoms with Crippen molar-refractivity contribution in [1.29, 1.82) is 0 Å². The highest BCUT2D eigenvalue weighted by atomic mass is 79.9. The van der Waals surface area contributed by atoms with Gasteiger partial charge in [0.2, 0.25) is 0 Å². The van der Waals surface area contributed by atoms with Gasteiger partial charge in [-0.25, -0.2) is 9.97 Å². The van der Waals surface area contributed by atoms with E-state index in [2.05, 4.69) is 43.9 Å². The van der Waals surface area contributed by atoms with Gasteiger partial charge in [0.05, 0.1) is 5.52 Å². The maximum atomic E-state index is 4.52. The van der Waals surface area contributed by atoms with Crippen LogP contribution in [0.3, 0.4) is 0 Å². The molecule has 1 heterocycles. The van der Waals surface area contributed by atoms with Gasteiger partial charge < -0.3 is 4.90 Å². The van der Waals surface area contributed by atoms with Crippen molar-refractivity contribution in [2.75, 3.05) is 11.9 Å². The Morgan fingerprint density at radius 3 is 2.74 bits per heavy atom. The zero-order valence-electron chi connectivity index (χ0n) is 11.1. The van der Waals surface area contributed by atoms with Crippen molar-refractivity contribution < 1.29 is 0 Å². The summed E-state index contributed by atoms with van der Waals surface area (Å²) in [5, 5.41) is 1.13. The lowest BCUT2D eigenvalue weighted by atomic mass is 9.94. The van der Waals surface area contributed by atoms with E-state index in [1.165, 1.54) is 32.1 Å². The molecule has 0 bridgehead atoms. The second-order valence-corrected chi connectivity index (χ2v) is 6.18. The number of anilines is 1. The standard InChI is InChI=1S/C15H18BrN3/c1-19(12-5-3-2-4-6-12)15-13-9-11(16)7-8-14(13)17-10-18-15/h7-10,12H,2-6H2,1H3. The lowest BCUT2D eigenvalue weighted by Crippen LogP contribution is -2.34. The molecule has 0 unspecified atom stereocenters. The molecule has 0 saturated heterocycles. The van der Waals surface area contributed by atoms with Crippen molar-refractivity contribution in [1.82, 2.24) is 9.97 Å². The first-order chi connectivity index (χ1) is 9.25. The molecule has 0 radical (unpaired) electrons. The van der Waals surface area contributed by atoms with Crippen molar-refractivity contribution >= 4 is 32.7 Å². The second-order valence-electron chi connectivity index (χ2n) is 5.26. The molecule has 3 rings (SSSR count). The zero-order chi connectivity index (χ0) is 13.2. The summed E-state index contributed by atoms with van der Waals surface area (Å²) in [5.74, 6) is 1.05. The third kappa shape index (κ3) is 2.59. The number of nitrogens with zero attached hydrogens (tertiary/aromatic N) is 3. The normalized spacial score (nSPS) is 16.7. The Hall–Kier alpha value is -1.16. The highest BCUT2D eigenvalue weighted by Crippen LogP contribution is 2.30. The van der Waals surface area contributed by atoms with Crippen LogP contribution in [0.15, 0.2) is 29.0 Å². The molecule has 1 aliphatic carbocycles. The summed E-state index contributed by atoms with van der Waals surface area (Å²) in [6.07, 6.45) is 8.26. The summed E-state index contributed by atoms with van der Waals surface area (Å²) in [4.78, 5) is 11.2. The molecule has 19 heavy (non-hydrogen) atoms. The fourth-order valence-electron chi connectivity index (χ4n) is 2.94. The van der Waals surface area contributed by atoms with Crippen LogP contribution in [0.5, 0.6) is 0 Å². The van der Waals surface area contributed by atoms with E-state index in [1.807, 2.05) is 12.1 Å². The van der Waals surface area contributed by atoms with Crippen molar-refractivity contribution in [2.45, 2.75) is 38.1 Å². The summed E-state index contributed by atoms with van der Waals surface area (Å²) in [6.45, 7) is 0. The van der Waals surface area contributed by atoms with Crippen LogP contribution in [0.2, 0.25) is 0 Å². The quantitative estimate of drug-likeness (QED) is 0.832. The van der Waals surface area contributed by atoms with Gasteiger partial charge in [0.15, 0.2) is 0 Å². The van der Waals surface area contributed by atoms with Gasteiger partial charge in [0.25, 0.3) is 0 Å². The maximum absolute atomic E-state index is 4.52. The summed E-state index contributed by atoms with van der Waals surface area (Å²) in [5.41, 5.74) is 1.01. The Bertz CT molecular complexity index is 579. The first-order valence-electron chi connectivity index (χ1n) is 6.89. The van der Waals surface area contributed by atoms with Crippen LogP contribution in [0.1, 0.15) is 32.1 Å². The maximum Gasteiger partial charge on any atom is 0.139 e. The predicted octanol–water partition coefficient (Wildman–Crippen LogP) is 4.16. The molecule has 1 fully saturated rings. The Morgan fingerprint density at radius 2 is 1.95 bits per heavy atom. The van der Waals surface area contributed by atoms with Gasteiger partial charge in [-0.1, -0.05) is 35.2 Å². The van der Waals surface area contributed by atoms with Gasteiger partial charge in [0, 0.05) is 22.9 Å². The van der Waals surface area contributed by atoms with E-state index < -0.39 is 0 Å². The highest BCUT2D eigenvalue weighted by molar-refractivity contribution is 9.10. The molecule has 3 nitrogen and oxygen atoms in total. The molecule has 0 aliphatic heterocycles. The molecule has 1 aromatic heterocycles. The summed E-state index contributed by atoms with van der Waals surface area (Å²) < 4.78 is 1.08. The largest absolute Gasteiger partial charge is 0.356 e. The average molecular weight is 320 g/mol. The topological polar surface area (TPSA) is 29.0 Å². The van der Waals surface area contributed by atoms with Crippen LogP contribution in [-0.2, 0) is 0 Å². The van der Waals surface area contributed by atoms with Gasteiger partial charge in [-0.05, 0) is 31.0 Å². The van der Waals surface area contributed by atoms with Crippen molar-refractivity contribution in [3.63, 3.8) is 0 Å². The number of aromatic nitrogens is 2. The van der Waals surface area contributed by atoms with Gasteiger partial charge >= 0.3 is 0 Å². The number of hydrogen-bond acceptors (Lipinski definition) is 3. The third-order valence-corrected chi connectivity index (χ3v) is 4.53. The van der Waals surface area contributed by atoms with E-state index in [4.69, 9.17) is 0 Å². The van der Waals surface area contributed by atoms with E-state index in [0.29, 0.717) is 6.04 Å². The van der Waals surface area contributed by atoms with Crippen LogP contribution in [0.25, 0.3) is 10.9 Å². The minimum Gasteiger partial charge on any atom is -0.356 e. The molecule has 0 amide bonds. The fraction of sp³-hybridized carbons (Fsp3) is 0.467. The van der Waals surface area contributed by atoms with Crippen LogP contribution < -0.4 is 4.90 Å². The Kier molecular flexibility index (Phi) is 3.69. The van der Waals surface area contributed by atoms with Crippen LogP contribution in [-0.4, -0.2) is 23.1 Å². The monoisotopic (exact) mass is 319 g/mol. The number of fused-ring (bicyclic) bond motifs is 1. The van der Waals surface area contributed by atoms with E-state index in [0.717, 1.165) is 21.2 Å². The third-order valence-electron chi connectivity index (χ3n) is 4.03. The summed E-state index contributed by atoms with van der Waals surface area (Å²) in [6, 6.07) is 6.80.